The van der Waals surface area contributed by atoms with E-state index in [1.807, 2.05) is 44.2 Å². The lowest BCUT2D eigenvalue weighted by molar-refractivity contribution is 0.564. The zero-order chi connectivity index (χ0) is 17.7. The second kappa shape index (κ2) is 8.06. The molecule has 2 heterocycles. The summed E-state index contributed by atoms with van der Waals surface area (Å²) < 4.78 is 28.2. The molecule has 2 nitrogen and oxygen atoms in total. The number of halogens is 3. The molecule has 1 N–H and O–H groups in total. The number of pyridine rings is 1. The highest BCUT2D eigenvalue weighted by molar-refractivity contribution is 6.23. The zero-order valence-corrected chi connectivity index (χ0v) is 14.4. The number of aromatic nitrogens is 1. The minimum Gasteiger partial charge on any atom is -0.357 e. The molecular weight excluding hydrogens is 330 g/mol. The molecule has 0 saturated carbocycles. The molecule has 1 atom stereocenters. The standard InChI is InChI=1S/C17H13ClF2N2.C2H6/c1-10-13(18)7-12(11-5-3-2-4-6-11)17(22-10)16-14(19)8-21-9-15(16)20;1-2/h2-6,8-9,13,22H,1,7H2;1-2H3. The Morgan fingerprint density at radius 1 is 1.12 bits per heavy atom. The molecule has 1 aliphatic rings. The second-order valence-electron chi connectivity index (χ2n) is 5.02. The van der Waals surface area contributed by atoms with Gasteiger partial charge in [0.2, 0.25) is 0 Å². The molecule has 126 valence electrons. The van der Waals surface area contributed by atoms with Crippen LogP contribution in [0.15, 0.2) is 55.0 Å². The van der Waals surface area contributed by atoms with E-state index in [0.29, 0.717) is 17.8 Å². The van der Waals surface area contributed by atoms with Crippen LogP contribution in [0.3, 0.4) is 0 Å². The fourth-order valence-electron chi connectivity index (χ4n) is 2.48. The summed E-state index contributed by atoms with van der Waals surface area (Å²) in [6.45, 7) is 7.82. The van der Waals surface area contributed by atoms with Crippen LogP contribution < -0.4 is 5.32 Å². The van der Waals surface area contributed by atoms with Gasteiger partial charge in [0.25, 0.3) is 0 Å². The molecule has 1 aliphatic heterocycles. The van der Waals surface area contributed by atoms with Gasteiger partial charge in [-0.1, -0.05) is 50.8 Å². The predicted molar refractivity (Wildman–Crippen MR) is 95.3 cm³/mol. The maximum absolute atomic E-state index is 14.1. The van der Waals surface area contributed by atoms with Gasteiger partial charge in [-0.3, -0.25) is 4.98 Å². The average molecular weight is 349 g/mol. The van der Waals surface area contributed by atoms with Crippen LogP contribution in [0.5, 0.6) is 0 Å². The molecule has 1 aromatic carbocycles. The van der Waals surface area contributed by atoms with Crippen LogP contribution in [0, 0.1) is 11.6 Å². The topological polar surface area (TPSA) is 24.9 Å². The van der Waals surface area contributed by atoms with Crippen molar-refractivity contribution in [1.82, 2.24) is 10.3 Å². The number of hydrogen-bond donors (Lipinski definition) is 1. The molecule has 0 aliphatic carbocycles. The number of benzene rings is 1. The first-order chi connectivity index (χ1) is 11.6. The van der Waals surface area contributed by atoms with Crippen molar-refractivity contribution in [3.05, 3.63) is 77.8 Å². The Balaban J connectivity index is 0.00000100. The van der Waals surface area contributed by atoms with Crippen LogP contribution in [0.25, 0.3) is 11.3 Å². The van der Waals surface area contributed by atoms with Crippen LogP contribution in [-0.2, 0) is 0 Å². The highest BCUT2D eigenvalue weighted by Gasteiger charge is 2.27. The summed E-state index contributed by atoms with van der Waals surface area (Å²) in [6, 6.07) is 9.37. The van der Waals surface area contributed by atoms with Crippen molar-refractivity contribution in [1.29, 1.82) is 0 Å². The number of nitrogens with one attached hydrogen (secondary N) is 1. The third-order valence-corrected chi connectivity index (χ3v) is 3.99. The Bertz CT molecular complexity index is 737. The molecule has 2 aromatic rings. The van der Waals surface area contributed by atoms with Crippen LogP contribution in [0.1, 0.15) is 31.4 Å². The number of nitrogens with zero attached hydrogens (tertiary/aromatic N) is 1. The highest BCUT2D eigenvalue weighted by atomic mass is 35.5. The zero-order valence-electron chi connectivity index (χ0n) is 13.6. The van der Waals surface area contributed by atoms with E-state index in [9.17, 15) is 8.78 Å². The molecule has 0 amide bonds. The Labute approximate surface area is 145 Å². The maximum Gasteiger partial charge on any atom is 0.153 e. The Morgan fingerprint density at radius 3 is 2.29 bits per heavy atom. The van der Waals surface area contributed by atoms with Crippen LogP contribution >= 0.6 is 11.6 Å². The Hall–Kier alpha value is -2.20. The van der Waals surface area contributed by atoms with Crippen molar-refractivity contribution in [2.75, 3.05) is 0 Å². The third-order valence-electron chi connectivity index (χ3n) is 3.57. The van der Waals surface area contributed by atoms with Crippen molar-refractivity contribution in [3.8, 4) is 0 Å². The summed E-state index contributed by atoms with van der Waals surface area (Å²) >= 11 is 6.25. The lowest BCUT2D eigenvalue weighted by Gasteiger charge is -2.28. The first-order valence-electron chi connectivity index (χ1n) is 7.75. The number of rotatable bonds is 2. The van der Waals surface area contributed by atoms with Crippen molar-refractivity contribution in [2.24, 2.45) is 0 Å². The maximum atomic E-state index is 14.1. The molecule has 0 spiro atoms. The SMILES string of the molecule is C=C1NC(c2c(F)cncc2F)=C(c2ccccc2)CC1Cl.CC. The first-order valence-corrected chi connectivity index (χ1v) is 8.19. The van der Waals surface area contributed by atoms with Gasteiger partial charge in [-0.2, -0.15) is 0 Å². The molecule has 1 unspecified atom stereocenters. The van der Waals surface area contributed by atoms with E-state index in [-0.39, 0.29) is 10.9 Å². The van der Waals surface area contributed by atoms with Gasteiger partial charge < -0.3 is 5.32 Å². The van der Waals surface area contributed by atoms with Gasteiger partial charge in [0, 0.05) is 5.70 Å². The van der Waals surface area contributed by atoms with Gasteiger partial charge in [0.1, 0.15) is 0 Å². The Morgan fingerprint density at radius 2 is 1.71 bits per heavy atom. The van der Waals surface area contributed by atoms with Crippen LogP contribution in [-0.4, -0.2) is 10.4 Å². The lowest BCUT2D eigenvalue weighted by atomic mass is 9.91. The summed E-state index contributed by atoms with van der Waals surface area (Å²) in [6.07, 6.45) is 2.42. The van der Waals surface area contributed by atoms with Crippen molar-refractivity contribution < 1.29 is 8.78 Å². The summed E-state index contributed by atoms with van der Waals surface area (Å²) in [5.74, 6) is -1.45. The smallest absolute Gasteiger partial charge is 0.153 e. The van der Waals surface area contributed by atoms with E-state index < -0.39 is 11.6 Å². The van der Waals surface area contributed by atoms with E-state index in [1.54, 1.807) is 0 Å². The predicted octanol–water partition coefficient (Wildman–Crippen LogP) is 5.37. The molecule has 0 saturated heterocycles. The van der Waals surface area contributed by atoms with Gasteiger partial charge in [0.05, 0.1) is 29.0 Å². The molecule has 0 fully saturated rings. The van der Waals surface area contributed by atoms with E-state index in [2.05, 4.69) is 16.9 Å². The van der Waals surface area contributed by atoms with Crippen molar-refractivity contribution in [3.63, 3.8) is 0 Å². The van der Waals surface area contributed by atoms with Gasteiger partial charge in [0.15, 0.2) is 11.6 Å². The third kappa shape index (κ3) is 3.65. The van der Waals surface area contributed by atoms with Crippen molar-refractivity contribution in [2.45, 2.75) is 25.6 Å². The van der Waals surface area contributed by atoms with Gasteiger partial charge >= 0.3 is 0 Å². The normalized spacial score (nSPS) is 17.0. The lowest BCUT2D eigenvalue weighted by Crippen LogP contribution is -2.26. The van der Waals surface area contributed by atoms with E-state index in [1.165, 1.54) is 0 Å². The molecule has 0 bridgehead atoms. The Kier molecular flexibility index (Phi) is 6.10. The summed E-state index contributed by atoms with van der Waals surface area (Å²) in [4.78, 5) is 3.52. The molecule has 5 heteroatoms. The number of alkyl halides is 1. The van der Waals surface area contributed by atoms with E-state index in [0.717, 1.165) is 23.5 Å². The van der Waals surface area contributed by atoms with Crippen LogP contribution in [0.2, 0.25) is 0 Å². The van der Waals surface area contributed by atoms with Crippen molar-refractivity contribution >= 4 is 22.9 Å². The second-order valence-corrected chi connectivity index (χ2v) is 5.55. The minimum atomic E-state index is -0.725. The van der Waals surface area contributed by atoms with Crippen LogP contribution in [0.4, 0.5) is 8.78 Å². The fraction of sp³-hybridized carbons (Fsp3) is 0.211. The summed E-state index contributed by atoms with van der Waals surface area (Å²) in [7, 11) is 0. The molecule has 24 heavy (non-hydrogen) atoms. The number of allylic oxidation sites excluding steroid dienone is 2. The quantitative estimate of drug-likeness (QED) is 0.738. The first kappa shape index (κ1) is 18.1. The van der Waals surface area contributed by atoms with E-state index in [4.69, 9.17) is 11.6 Å². The fourth-order valence-corrected chi connectivity index (χ4v) is 2.69. The van der Waals surface area contributed by atoms with Gasteiger partial charge in [-0.25, -0.2) is 8.78 Å². The van der Waals surface area contributed by atoms with E-state index >= 15 is 0 Å². The molecular formula is C19H19ClF2N2. The monoisotopic (exact) mass is 348 g/mol. The number of hydrogen-bond acceptors (Lipinski definition) is 2. The molecule has 0 radical (unpaired) electrons. The molecule has 3 rings (SSSR count). The minimum absolute atomic E-state index is 0.140. The summed E-state index contributed by atoms with van der Waals surface area (Å²) in [5, 5.41) is 2.62. The summed E-state index contributed by atoms with van der Waals surface area (Å²) in [5.41, 5.74) is 2.34. The highest BCUT2D eigenvalue weighted by Crippen LogP contribution is 2.37. The average Bonchev–Trinajstić information content (AvgIpc) is 2.60. The molecule has 1 aromatic heterocycles. The van der Waals surface area contributed by atoms with Gasteiger partial charge in [-0.15, -0.1) is 11.6 Å². The van der Waals surface area contributed by atoms with Gasteiger partial charge in [-0.05, 0) is 17.6 Å². The largest absolute Gasteiger partial charge is 0.357 e.